The molecule has 2 aromatic rings. The van der Waals surface area contributed by atoms with E-state index in [2.05, 4.69) is 6.58 Å². The van der Waals surface area contributed by atoms with Crippen molar-refractivity contribution in [2.45, 2.75) is 6.42 Å². The van der Waals surface area contributed by atoms with Gasteiger partial charge < -0.3 is 4.74 Å². The molecule has 2 rings (SSSR count). The van der Waals surface area contributed by atoms with E-state index in [1.54, 1.807) is 0 Å². The molecule has 0 aliphatic heterocycles. The molecule has 0 amide bonds. The molecule has 0 spiro atoms. The zero-order valence-corrected chi connectivity index (χ0v) is 10.2. The second kappa shape index (κ2) is 5.55. The third kappa shape index (κ3) is 2.89. The molecule has 0 saturated carbocycles. The highest BCUT2D eigenvalue weighted by atomic mass is 35.5. The molecular formula is C15H13ClO. The van der Waals surface area contributed by atoms with E-state index in [9.17, 15) is 0 Å². The van der Waals surface area contributed by atoms with Crippen LogP contribution in [0.1, 0.15) is 5.56 Å². The van der Waals surface area contributed by atoms with Crippen molar-refractivity contribution in [3.8, 4) is 11.5 Å². The summed E-state index contributed by atoms with van der Waals surface area (Å²) in [5.41, 5.74) is 0.966. The lowest BCUT2D eigenvalue weighted by molar-refractivity contribution is 0.477. The van der Waals surface area contributed by atoms with Gasteiger partial charge >= 0.3 is 0 Å². The molecular weight excluding hydrogens is 232 g/mol. The van der Waals surface area contributed by atoms with Crippen molar-refractivity contribution in [2.24, 2.45) is 0 Å². The maximum absolute atomic E-state index is 6.15. The molecule has 0 aromatic heterocycles. The molecule has 0 heterocycles. The Balaban J connectivity index is 2.32. The van der Waals surface area contributed by atoms with Crippen LogP contribution in [0.5, 0.6) is 11.5 Å². The molecule has 0 bridgehead atoms. The summed E-state index contributed by atoms with van der Waals surface area (Å²) >= 11 is 6.15. The van der Waals surface area contributed by atoms with Gasteiger partial charge in [0.05, 0.1) is 0 Å². The SMILES string of the molecule is C=CCc1c(Cl)cccc1Oc1ccccc1. The third-order valence-electron chi connectivity index (χ3n) is 2.40. The van der Waals surface area contributed by atoms with E-state index in [0.717, 1.165) is 17.1 Å². The van der Waals surface area contributed by atoms with Crippen LogP contribution in [0.4, 0.5) is 0 Å². The van der Waals surface area contributed by atoms with Crippen molar-refractivity contribution in [2.75, 3.05) is 0 Å². The Kier molecular flexibility index (Phi) is 3.84. The number of allylic oxidation sites excluding steroid dienone is 1. The fraction of sp³-hybridized carbons (Fsp3) is 0.0667. The van der Waals surface area contributed by atoms with E-state index in [1.165, 1.54) is 0 Å². The maximum Gasteiger partial charge on any atom is 0.132 e. The van der Waals surface area contributed by atoms with Crippen molar-refractivity contribution in [1.29, 1.82) is 0 Å². The van der Waals surface area contributed by atoms with Crippen LogP contribution in [0.2, 0.25) is 5.02 Å². The van der Waals surface area contributed by atoms with Gasteiger partial charge in [-0.3, -0.25) is 0 Å². The monoisotopic (exact) mass is 244 g/mol. The summed E-state index contributed by atoms with van der Waals surface area (Å²) in [4.78, 5) is 0. The van der Waals surface area contributed by atoms with Gasteiger partial charge in [-0.05, 0) is 30.7 Å². The molecule has 2 heteroatoms. The Bertz CT molecular complexity index is 506. The van der Waals surface area contributed by atoms with Crippen LogP contribution < -0.4 is 4.74 Å². The Labute approximate surface area is 106 Å². The van der Waals surface area contributed by atoms with Crippen LogP contribution in [-0.4, -0.2) is 0 Å². The van der Waals surface area contributed by atoms with E-state index in [1.807, 2.05) is 54.6 Å². The average molecular weight is 245 g/mol. The number of hydrogen-bond donors (Lipinski definition) is 0. The summed E-state index contributed by atoms with van der Waals surface area (Å²) in [6.07, 6.45) is 2.51. The topological polar surface area (TPSA) is 9.23 Å². The van der Waals surface area contributed by atoms with Crippen molar-refractivity contribution < 1.29 is 4.74 Å². The van der Waals surface area contributed by atoms with Crippen molar-refractivity contribution in [1.82, 2.24) is 0 Å². The lowest BCUT2D eigenvalue weighted by Gasteiger charge is -2.11. The van der Waals surface area contributed by atoms with Gasteiger partial charge in [-0.1, -0.05) is 41.9 Å². The van der Waals surface area contributed by atoms with Crippen LogP contribution in [0.3, 0.4) is 0 Å². The first-order valence-electron chi connectivity index (χ1n) is 5.42. The Morgan fingerprint density at radius 1 is 1.06 bits per heavy atom. The van der Waals surface area contributed by atoms with Gasteiger partial charge in [-0.25, -0.2) is 0 Å². The molecule has 0 N–H and O–H groups in total. The summed E-state index contributed by atoms with van der Waals surface area (Å²) in [5.74, 6) is 1.59. The third-order valence-corrected chi connectivity index (χ3v) is 2.75. The standard InChI is InChI=1S/C15H13ClO/c1-2-7-13-14(16)10-6-11-15(13)17-12-8-4-3-5-9-12/h2-6,8-11H,1,7H2. The first kappa shape index (κ1) is 11.7. The van der Waals surface area contributed by atoms with Crippen LogP contribution in [0.25, 0.3) is 0 Å². The fourth-order valence-corrected chi connectivity index (χ4v) is 1.84. The Morgan fingerprint density at radius 3 is 2.53 bits per heavy atom. The van der Waals surface area contributed by atoms with Gasteiger partial charge in [0.15, 0.2) is 0 Å². The maximum atomic E-state index is 6.15. The molecule has 2 aromatic carbocycles. The minimum atomic E-state index is 0.696. The van der Waals surface area contributed by atoms with Crippen LogP contribution in [0.15, 0.2) is 61.2 Å². The zero-order valence-electron chi connectivity index (χ0n) is 9.40. The molecule has 86 valence electrons. The van der Waals surface area contributed by atoms with Gasteiger partial charge in [-0.2, -0.15) is 0 Å². The van der Waals surface area contributed by atoms with Gasteiger partial charge in [-0.15, -0.1) is 6.58 Å². The summed E-state index contributed by atoms with van der Waals surface area (Å²) in [7, 11) is 0. The summed E-state index contributed by atoms with van der Waals surface area (Å²) < 4.78 is 5.81. The quantitative estimate of drug-likeness (QED) is 0.698. The van der Waals surface area contributed by atoms with Gasteiger partial charge in [0.2, 0.25) is 0 Å². The van der Waals surface area contributed by atoms with Crippen molar-refractivity contribution in [3.05, 3.63) is 71.8 Å². The minimum Gasteiger partial charge on any atom is -0.457 e. The van der Waals surface area contributed by atoms with Crippen molar-refractivity contribution >= 4 is 11.6 Å². The predicted molar refractivity (Wildman–Crippen MR) is 71.9 cm³/mol. The molecule has 0 unspecified atom stereocenters. The fourth-order valence-electron chi connectivity index (χ4n) is 1.59. The van der Waals surface area contributed by atoms with Crippen LogP contribution >= 0.6 is 11.6 Å². The lowest BCUT2D eigenvalue weighted by atomic mass is 10.1. The molecule has 0 atom stereocenters. The second-order valence-corrected chi connectivity index (χ2v) is 4.03. The first-order chi connectivity index (χ1) is 8.31. The van der Waals surface area contributed by atoms with Crippen LogP contribution in [-0.2, 0) is 6.42 Å². The predicted octanol–water partition coefficient (Wildman–Crippen LogP) is 4.86. The molecule has 0 saturated heterocycles. The molecule has 0 aliphatic carbocycles. The summed E-state index contributed by atoms with van der Waals surface area (Å²) in [5, 5.41) is 0.707. The number of benzene rings is 2. The Hall–Kier alpha value is -1.73. The van der Waals surface area contributed by atoms with E-state index in [-0.39, 0.29) is 0 Å². The van der Waals surface area contributed by atoms with Crippen LogP contribution in [0, 0.1) is 0 Å². The average Bonchev–Trinajstić information content (AvgIpc) is 2.35. The number of halogens is 1. The lowest BCUT2D eigenvalue weighted by Crippen LogP contribution is -1.91. The number of ether oxygens (including phenoxy) is 1. The van der Waals surface area contributed by atoms with Gasteiger partial charge in [0.1, 0.15) is 11.5 Å². The number of para-hydroxylation sites is 1. The Morgan fingerprint density at radius 2 is 1.82 bits per heavy atom. The second-order valence-electron chi connectivity index (χ2n) is 3.62. The highest BCUT2D eigenvalue weighted by Crippen LogP contribution is 2.30. The largest absolute Gasteiger partial charge is 0.457 e. The van der Waals surface area contributed by atoms with Gasteiger partial charge in [0, 0.05) is 10.6 Å². The summed E-state index contributed by atoms with van der Waals surface area (Å²) in [6.45, 7) is 3.73. The smallest absolute Gasteiger partial charge is 0.132 e. The van der Waals surface area contributed by atoms with E-state index in [0.29, 0.717) is 11.4 Å². The molecule has 0 radical (unpaired) electrons. The zero-order chi connectivity index (χ0) is 12.1. The van der Waals surface area contributed by atoms with E-state index >= 15 is 0 Å². The highest BCUT2D eigenvalue weighted by Gasteiger charge is 2.07. The highest BCUT2D eigenvalue weighted by molar-refractivity contribution is 6.31. The van der Waals surface area contributed by atoms with E-state index in [4.69, 9.17) is 16.3 Å². The molecule has 0 fully saturated rings. The van der Waals surface area contributed by atoms with Gasteiger partial charge in [0.25, 0.3) is 0 Å². The molecule has 0 aliphatic rings. The number of hydrogen-bond acceptors (Lipinski definition) is 1. The molecule has 17 heavy (non-hydrogen) atoms. The summed E-state index contributed by atoms with van der Waals surface area (Å²) in [6, 6.07) is 15.3. The number of rotatable bonds is 4. The molecule has 1 nitrogen and oxygen atoms in total. The normalized spacial score (nSPS) is 9.94. The minimum absolute atomic E-state index is 0.696. The first-order valence-corrected chi connectivity index (χ1v) is 5.80. The van der Waals surface area contributed by atoms with Crippen molar-refractivity contribution in [3.63, 3.8) is 0 Å². The van der Waals surface area contributed by atoms with E-state index < -0.39 is 0 Å².